The van der Waals surface area contributed by atoms with Crippen molar-refractivity contribution in [3.05, 3.63) is 60.2 Å². The van der Waals surface area contributed by atoms with Crippen molar-refractivity contribution in [3.8, 4) is 11.1 Å². The maximum atomic E-state index is 11.2. The molecule has 0 aromatic heterocycles. The molecule has 0 bridgehead atoms. The van der Waals surface area contributed by atoms with Gasteiger partial charge in [-0.25, -0.2) is 4.79 Å². The van der Waals surface area contributed by atoms with Crippen molar-refractivity contribution in [2.24, 2.45) is 0 Å². The summed E-state index contributed by atoms with van der Waals surface area (Å²) in [5.41, 5.74) is 3.45. The molecule has 0 aliphatic heterocycles. The molecule has 1 aromatic carbocycles. The van der Waals surface area contributed by atoms with Crippen LogP contribution in [0.4, 0.5) is 0 Å². The molecule has 0 saturated heterocycles. The van der Waals surface area contributed by atoms with E-state index in [1.54, 1.807) is 12.1 Å². The fraction of sp³-hybridized carbons (Fsp3) is 0.188. The third-order valence-corrected chi connectivity index (χ3v) is 2.46. The second-order valence-electron chi connectivity index (χ2n) is 4.40. The molecular weight excluding hydrogens is 224 g/mol. The first-order chi connectivity index (χ1) is 8.66. The van der Waals surface area contributed by atoms with Gasteiger partial charge in [0, 0.05) is 0 Å². The quantitative estimate of drug-likeness (QED) is 0.635. The minimum Gasteiger partial charge on any atom is -0.459 e. The number of carbonyl (C=O) groups is 1. The molecule has 0 N–H and O–H groups in total. The zero-order chi connectivity index (χ0) is 13.0. The minimum atomic E-state index is -0.259. The summed E-state index contributed by atoms with van der Waals surface area (Å²) >= 11 is 0. The Morgan fingerprint density at radius 3 is 1.94 bits per heavy atom. The highest BCUT2D eigenvalue weighted by atomic mass is 16.5. The average Bonchev–Trinajstić information content (AvgIpc) is 2.97. The smallest absolute Gasteiger partial charge is 0.338 e. The van der Waals surface area contributed by atoms with Gasteiger partial charge in [0.2, 0.25) is 0 Å². The largest absolute Gasteiger partial charge is 0.459 e. The first-order valence-corrected chi connectivity index (χ1v) is 6.03. The summed E-state index contributed by atoms with van der Waals surface area (Å²) in [5, 5.41) is 0. The molecule has 0 amide bonds. The Balaban J connectivity index is 0.000000164. The van der Waals surface area contributed by atoms with E-state index in [1.165, 1.54) is 11.1 Å². The van der Waals surface area contributed by atoms with Crippen LogP contribution in [0.5, 0.6) is 0 Å². The van der Waals surface area contributed by atoms with Gasteiger partial charge in [-0.05, 0) is 43.2 Å². The van der Waals surface area contributed by atoms with E-state index in [0.29, 0.717) is 5.56 Å². The lowest BCUT2D eigenvalue weighted by atomic mass is 10.2. The standard InChI is InChI=1S/C10H12O2.C6H4/c1-8(2)12-10(11)9-6-4-3-5-7-9;1-2-5-4-6(5)3-1/h3-8H,1-2H3;1-4H. The van der Waals surface area contributed by atoms with Crippen LogP contribution < -0.4 is 0 Å². The molecule has 3 rings (SSSR count). The van der Waals surface area contributed by atoms with E-state index in [2.05, 4.69) is 24.3 Å². The molecule has 0 fully saturated rings. The zero-order valence-electron chi connectivity index (χ0n) is 10.6. The number of carbonyl (C=O) groups excluding carboxylic acids is 1. The van der Waals surface area contributed by atoms with Gasteiger partial charge < -0.3 is 4.74 Å². The van der Waals surface area contributed by atoms with Gasteiger partial charge in [0.25, 0.3) is 0 Å². The van der Waals surface area contributed by atoms with Crippen molar-refractivity contribution >= 4 is 5.97 Å². The van der Waals surface area contributed by atoms with Crippen LogP contribution >= 0.6 is 0 Å². The summed E-state index contributed by atoms with van der Waals surface area (Å²) in [6.45, 7) is 3.67. The Labute approximate surface area is 107 Å². The SMILES string of the molecule is CC(C)OC(=O)c1ccccc1.c1cc2cc-2c1. The maximum Gasteiger partial charge on any atom is 0.338 e. The Bertz CT molecular complexity index is 513. The van der Waals surface area contributed by atoms with Gasteiger partial charge >= 0.3 is 5.97 Å². The number of rotatable bonds is 2. The summed E-state index contributed by atoms with van der Waals surface area (Å²) < 4.78 is 5.00. The van der Waals surface area contributed by atoms with Gasteiger partial charge in [-0.1, -0.05) is 36.4 Å². The predicted octanol–water partition coefficient (Wildman–Crippen LogP) is 3.92. The number of esters is 1. The van der Waals surface area contributed by atoms with Crippen molar-refractivity contribution in [1.82, 2.24) is 0 Å². The molecular formula is C16H16O2. The second kappa shape index (κ2) is 5.50. The Kier molecular flexibility index (Phi) is 3.78. The molecule has 2 aliphatic rings. The van der Waals surface area contributed by atoms with Crippen LogP contribution in [-0.4, -0.2) is 12.1 Å². The average molecular weight is 240 g/mol. The molecule has 2 aliphatic carbocycles. The van der Waals surface area contributed by atoms with Crippen molar-refractivity contribution < 1.29 is 9.53 Å². The Morgan fingerprint density at radius 2 is 1.56 bits per heavy atom. The van der Waals surface area contributed by atoms with Crippen molar-refractivity contribution in [2.45, 2.75) is 20.0 Å². The van der Waals surface area contributed by atoms with Gasteiger partial charge in [-0.2, -0.15) is 0 Å². The number of ether oxygens (including phenoxy) is 1. The number of benzene rings is 2. The van der Waals surface area contributed by atoms with E-state index in [0.717, 1.165) is 0 Å². The maximum absolute atomic E-state index is 11.2. The van der Waals surface area contributed by atoms with Gasteiger partial charge in [0.05, 0.1) is 11.7 Å². The van der Waals surface area contributed by atoms with Gasteiger partial charge in [0.15, 0.2) is 0 Å². The van der Waals surface area contributed by atoms with Crippen LogP contribution in [0, 0.1) is 0 Å². The monoisotopic (exact) mass is 240 g/mol. The zero-order valence-corrected chi connectivity index (χ0v) is 10.6. The summed E-state index contributed by atoms with van der Waals surface area (Å²) in [7, 11) is 0. The van der Waals surface area contributed by atoms with Crippen LogP contribution in [0.25, 0.3) is 11.1 Å². The normalized spacial score (nSPS) is 10.4. The fourth-order valence-corrected chi connectivity index (χ4v) is 1.53. The van der Waals surface area contributed by atoms with E-state index in [-0.39, 0.29) is 12.1 Å². The number of hydrogen-bond acceptors (Lipinski definition) is 2. The molecule has 0 spiro atoms. The predicted molar refractivity (Wildman–Crippen MR) is 72.4 cm³/mol. The van der Waals surface area contributed by atoms with Gasteiger partial charge in [0.1, 0.15) is 0 Å². The molecule has 0 heterocycles. The second-order valence-corrected chi connectivity index (χ2v) is 4.40. The van der Waals surface area contributed by atoms with Gasteiger partial charge in [-0.15, -0.1) is 0 Å². The molecule has 0 unspecified atom stereocenters. The molecule has 0 saturated carbocycles. The highest BCUT2D eigenvalue weighted by molar-refractivity contribution is 5.89. The molecule has 2 heteroatoms. The van der Waals surface area contributed by atoms with Crippen molar-refractivity contribution in [2.75, 3.05) is 0 Å². The van der Waals surface area contributed by atoms with Crippen molar-refractivity contribution in [3.63, 3.8) is 0 Å². The highest BCUT2D eigenvalue weighted by Crippen LogP contribution is 2.32. The molecule has 0 atom stereocenters. The van der Waals surface area contributed by atoms with Crippen LogP contribution in [0.3, 0.4) is 0 Å². The number of fused-ring (bicyclic) bond motifs is 1. The first kappa shape index (κ1) is 12.4. The third-order valence-electron chi connectivity index (χ3n) is 2.46. The molecule has 0 radical (unpaired) electrons. The highest BCUT2D eigenvalue weighted by Gasteiger charge is 2.07. The van der Waals surface area contributed by atoms with E-state index < -0.39 is 0 Å². The summed E-state index contributed by atoms with van der Waals surface area (Å²) in [6.07, 6.45) is -0.0577. The third kappa shape index (κ3) is 3.45. The lowest BCUT2D eigenvalue weighted by Crippen LogP contribution is -2.11. The topological polar surface area (TPSA) is 26.3 Å². The summed E-state index contributed by atoms with van der Waals surface area (Å²) in [4.78, 5) is 11.2. The summed E-state index contributed by atoms with van der Waals surface area (Å²) in [5.74, 6) is -0.259. The van der Waals surface area contributed by atoms with E-state index >= 15 is 0 Å². The van der Waals surface area contributed by atoms with Crippen LogP contribution in [0.2, 0.25) is 0 Å². The Hall–Kier alpha value is -2.09. The Morgan fingerprint density at radius 1 is 0.944 bits per heavy atom. The lowest BCUT2D eigenvalue weighted by Gasteiger charge is -2.06. The molecule has 92 valence electrons. The summed E-state index contributed by atoms with van der Waals surface area (Å²) in [6, 6.07) is 17.5. The number of hydrogen-bond donors (Lipinski definition) is 0. The van der Waals surface area contributed by atoms with Crippen LogP contribution in [-0.2, 0) is 4.74 Å². The van der Waals surface area contributed by atoms with Crippen LogP contribution in [0.15, 0.2) is 54.6 Å². The minimum absolute atomic E-state index is 0.0577. The van der Waals surface area contributed by atoms with E-state index in [1.807, 2.05) is 32.0 Å². The van der Waals surface area contributed by atoms with Crippen molar-refractivity contribution in [1.29, 1.82) is 0 Å². The molecule has 2 nitrogen and oxygen atoms in total. The first-order valence-electron chi connectivity index (χ1n) is 6.03. The fourth-order valence-electron chi connectivity index (χ4n) is 1.53. The molecule has 1 aromatic rings. The lowest BCUT2D eigenvalue weighted by molar-refractivity contribution is 0.0378. The van der Waals surface area contributed by atoms with Gasteiger partial charge in [-0.3, -0.25) is 0 Å². The van der Waals surface area contributed by atoms with E-state index in [4.69, 9.17) is 4.74 Å². The van der Waals surface area contributed by atoms with Crippen LogP contribution in [0.1, 0.15) is 24.2 Å². The van der Waals surface area contributed by atoms with E-state index in [9.17, 15) is 4.79 Å². The molecule has 18 heavy (non-hydrogen) atoms.